The number of hydrogen-bond acceptors (Lipinski definition) is 5. The molecule has 2 saturated heterocycles. The summed E-state index contributed by atoms with van der Waals surface area (Å²) in [6.07, 6.45) is 6.59. The smallest absolute Gasteiger partial charge is 0.255 e. The fraction of sp³-hybridized carbons (Fsp3) is 0.417. The molecule has 4 amide bonds. The normalized spacial score (nSPS) is 24.9. The first-order chi connectivity index (χ1) is 15.5. The topological polar surface area (TPSA) is 108 Å². The monoisotopic (exact) mass is 434 g/mol. The van der Waals surface area contributed by atoms with E-state index < -0.39 is 11.9 Å². The molecule has 4 aliphatic rings. The highest BCUT2D eigenvalue weighted by Gasteiger charge is 2.39. The Morgan fingerprint density at radius 2 is 2.03 bits per heavy atom. The summed E-state index contributed by atoms with van der Waals surface area (Å²) in [4.78, 5) is 50.6. The second kappa shape index (κ2) is 8.35. The number of nitrogens with zero attached hydrogens (tertiary/aromatic N) is 1. The van der Waals surface area contributed by atoms with Crippen molar-refractivity contribution < 1.29 is 19.2 Å². The first-order valence-electron chi connectivity index (χ1n) is 11.1. The van der Waals surface area contributed by atoms with Crippen molar-refractivity contribution in [2.45, 2.75) is 44.8 Å². The summed E-state index contributed by atoms with van der Waals surface area (Å²) in [5, 5.41) is 8.68. The largest absolute Gasteiger partial charge is 0.352 e. The molecule has 32 heavy (non-hydrogen) atoms. The van der Waals surface area contributed by atoms with Gasteiger partial charge in [0.05, 0.1) is 5.92 Å². The Morgan fingerprint density at radius 3 is 2.88 bits per heavy atom. The van der Waals surface area contributed by atoms with E-state index in [9.17, 15) is 19.2 Å². The van der Waals surface area contributed by atoms with Gasteiger partial charge in [-0.3, -0.25) is 24.5 Å². The standard InChI is InChI=1S/C24H26N4O4/c29-21-6-5-20(23(31)27-21)28-13-18-9-14(1-4-19(18)24(28)32)11-26-22(30)16-3-2-15-7-8-25-12-17(15)10-16/h1-2,4,9-10,16,20,25H,3,5-8,11-13H2,(H,26,30)(H,27,29,31). The van der Waals surface area contributed by atoms with Crippen LogP contribution in [0.1, 0.15) is 47.2 Å². The summed E-state index contributed by atoms with van der Waals surface area (Å²) in [5.41, 5.74) is 4.91. The minimum atomic E-state index is -0.623. The van der Waals surface area contributed by atoms with Crippen molar-refractivity contribution in [1.29, 1.82) is 0 Å². The van der Waals surface area contributed by atoms with Gasteiger partial charge < -0.3 is 15.5 Å². The van der Waals surface area contributed by atoms with Gasteiger partial charge in [0.25, 0.3) is 5.91 Å². The molecule has 8 heteroatoms. The fourth-order valence-electron chi connectivity index (χ4n) is 4.94. The van der Waals surface area contributed by atoms with Crippen LogP contribution in [-0.4, -0.2) is 47.7 Å². The summed E-state index contributed by atoms with van der Waals surface area (Å²) in [5.74, 6) is -1.06. The van der Waals surface area contributed by atoms with Crippen LogP contribution in [-0.2, 0) is 27.5 Å². The fourth-order valence-corrected chi connectivity index (χ4v) is 4.94. The predicted octanol–water partition coefficient (Wildman–Crippen LogP) is 0.930. The van der Waals surface area contributed by atoms with E-state index in [1.165, 1.54) is 16.0 Å². The van der Waals surface area contributed by atoms with E-state index >= 15 is 0 Å². The lowest BCUT2D eigenvalue weighted by atomic mass is 9.86. The summed E-state index contributed by atoms with van der Waals surface area (Å²) >= 11 is 0. The van der Waals surface area contributed by atoms with E-state index in [0.717, 1.165) is 37.1 Å². The van der Waals surface area contributed by atoms with Crippen LogP contribution in [0, 0.1) is 5.92 Å². The highest BCUT2D eigenvalue weighted by molar-refractivity contribution is 6.05. The number of amides is 4. The molecule has 0 bridgehead atoms. The molecule has 1 aromatic rings. The van der Waals surface area contributed by atoms with Crippen LogP contribution in [0.15, 0.2) is 41.5 Å². The van der Waals surface area contributed by atoms with E-state index in [1.807, 2.05) is 12.1 Å². The van der Waals surface area contributed by atoms with Gasteiger partial charge >= 0.3 is 0 Å². The van der Waals surface area contributed by atoms with Crippen molar-refractivity contribution in [3.8, 4) is 0 Å². The Balaban J connectivity index is 1.22. The maximum atomic E-state index is 12.8. The minimum Gasteiger partial charge on any atom is -0.352 e. The number of carbonyl (C=O) groups excluding carboxylic acids is 4. The summed E-state index contributed by atoms with van der Waals surface area (Å²) in [7, 11) is 0. The molecule has 1 aliphatic carbocycles. The molecule has 5 rings (SSSR count). The number of piperidine rings is 2. The SMILES string of the molecule is O=C1CCC(N2Cc3cc(CNC(=O)C4C=C5CNCCC5=CC4)ccc3C2=O)C(=O)N1. The Morgan fingerprint density at radius 1 is 1.16 bits per heavy atom. The Kier molecular flexibility index (Phi) is 5.38. The molecule has 3 N–H and O–H groups in total. The van der Waals surface area contributed by atoms with E-state index in [1.54, 1.807) is 6.07 Å². The van der Waals surface area contributed by atoms with Gasteiger partial charge in [0, 0.05) is 31.6 Å². The van der Waals surface area contributed by atoms with E-state index in [0.29, 0.717) is 25.1 Å². The predicted molar refractivity (Wildman–Crippen MR) is 116 cm³/mol. The number of imide groups is 1. The third-order valence-corrected chi connectivity index (χ3v) is 6.71. The first kappa shape index (κ1) is 20.6. The minimum absolute atomic E-state index is 0.000110. The number of benzene rings is 1. The van der Waals surface area contributed by atoms with Gasteiger partial charge in [-0.25, -0.2) is 0 Å². The first-order valence-corrected chi connectivity index (χ1v) is 11.1. The molecule has 1 aromatic carbocycles. The zero-order chi connectivity index (χ0) is 22.2. The van der Waals surface area contributed by atoms with Gasteiger partial charge in [0.2, 0.25) is 17.7 Å². The maximum absolute atomic E-state index is 12.8. The van der Waals surface area contributed by atoms with Gasteiger partial charge in [-0.15, -0.1) is 0 Å². The van der Waals surface area contributed by atoms with E-state index in [-0.39, 0.29) is 30.1 Å². The number of hydrogen-bond donors (Lipinski definition) is 3. The molecule has 0 aromatic heterocycles. The number of fused-ring (bicyclic) bond motifs is 2. The number of carbonyl (C=O) groups is 4. The lowest BCUT2D eigenvalue weighted by Gasteiger charge is -2.29. The van der Waals surface area contributed by atoms with Crippen molar-refractivity contribution >= 4 is 23.6 Å². The molecule has 0 spiro atoms. The lowest BCUT2D eigenvalue weighted by molar-refractivity contribution is -0.137. The molecular weight excluding hydrogens is 408 g/mol. The molecule has 3 heterocycles. The summed E-state index contributed by atoms with van der Waals surface area (Å²) < 4.78 is 0. The lowest BCUT2D eigenvalue weighted by Crippen LogP contribution is -2.52. The second-order valence-electron chi connectivity index (χ2n) is 8.80. The van der Waals surface area contributed by atoms with Crippen molar-refractivity contribution in [1.82, 2.24) is 20.9 Å². The maximum Gasteiger partial charge on any atom is 0.255 e. The third-order valence-electron chi connectivity index (χ3n) is 6.71. The van der Waals surface area contributed by atoms with E-state index in [2.05, 4.69) is 28.1 Å². The zero-order valence-electron chi connectivity index (χ0n) is 17.8. The average molecular weight is 434 g/mol. The van der Waals surface area contributed by atoms with Crippen LogP contribution >= 0.6 is 0 Å². The highest BCUT2D eigenvalue weighted by atomic mass is 16.2. The zero-order valence-corrected chi connectivity index (χ0v) is 17.8. The molecule has 3 aliphatic heterocycles. The molecular formula is C24H26N4O4. The van der Waals surface area contributed by atoms with Gasteiger partial charge in [-0.05, 0) is 54.1 Å². The summed E-state index contributed by atoms with van der Waals surface area (Å²) in [6.45, 7) is 2.52. The van der Waals surface area contributed by atoms with Crippen LogP contribution < -0.4 is 16.0 Å². The van der Waals surface area contributed by atoms with Gasteiger partial charge in [0.15, 0.2) is 0 Å². The highest BCUT2D eigenvalue weighted by Crippen LogP contribution is 2.29. The second-order valence-corrected chi connectivity index (χ2v) is 8.80. The van der Waals surface area contributed by atoms with Crippen molar-refractivity contribution in [3.63, 3.8) is 0 Å². The van der Waals surface area contributed by atoms with Gasteiger partial charge in [-0.1, -0.05) is 24.3 Å². The van der Waals surface area contributed by atoms with Crippen molar-refractivity contribution in [2.24, 2.45) is 5.92 Å². The van der Waals surface area contributed by atoms with Gasteiger partial charge in [-0.2, -0.15) is 0 Å². The molecule has 2 atom stereocenters. The van der Waals surface area contributed by atoms with Gasteiger partial charge in [0.1, 0.15) is 6.04 Å². The molecule has 2 unspecified atom stereocenters. The molecule has 166 valence electrons. The van der Waals surface area contributed by atoms with Crippen LogP contribution in [0.25, 0.3) is 0 Å². The Labute approximate surface area is 186 Å². The molecule has 8 nitrogen and oxygen atoms in total. The van der Waals surface area contributed by atoms with Crippen molar-refractivity contribution in [3.05, 3.63) is 58.2 Å². The molecule has 2 fully saturated rings. The number of allylic oxidation sites excluding steroid dienone is 1. The van der Waals surface area contributed by atoms with Crippen LogP contribution in [0.4, 0.5) is 0 Å². The van der Waals surface area contributed by atoms with Crippen LogP contribution in [0.5, 0.6) is 0 Å². The number of rotatable bonds is 4. The van der Waals surface area contributed by atoms with Crippen LogP contribution in [0.2, 0.25) is 0 Å². The summed E-state index contributed by atoms with van der Waals surface area (Å²) in [6, 6.07) is 4.90. The third kappa shape index (κ3) is 3.86. The molecule has 0 saturated carbocycles. The molecule has 0 radical (unpaired) electrons. The van der Waals surface area contributed by atoms with Crippen molar-refractivity contribution in [2.75, 3.05) is 13.1 Å². The Bertz CT molecular complexity index is 1070. The van der Waals surface area contributed by atoms with Crippen LogP contribution in [0.3, 0.4) is 0 Å². The average Bonchev–Trinajstić information content (AvgIpc) is 3.12. The number of nitrogens with one attached hydrogen (secondary N) is 3. The van der Waals surface area contributed by atoms with E-state index in [4.69, 9.17) is 0 Å². The quantitative estimate of drug-likeness (QED) is 0.611. The Hall–Kier alpha value is -3.26.